The largest absolute Gasteiger partial charge is 0.628 e. The van der Waals surface area contributed by atoms with E-state index in [4.69, 9.17) is 9.31 Å². The van der Waals surface area contributed by atoms with Gasteiger partial charge in [-0.15, -0.1) is 0 Å². The van der Waals surface area contributed by atoms with Crippen molar-refractivity contribution in [3.63, 3.8) is 0 Å². The van der Waals surface area contributed by atoms with Crippen molar-refractivity contribution >= 4 is 25.1 Å². The number of benzene rings is 1. The summed E-state index contributed by atoms with van der Waals surface area (Å²) in [5.74, 6) is 0.714. The first-order chi connectivity index (χ1) is 9.13. The molecule has 0 amide bonds. The second-order valence-electron chi connectivity index (χ2n) is 4.29. The van der Waals surface area contributed by atoms with E-state index in [9.17, 15) is 9.59 Å². The van der Waals surface area contributed by atoms with Crippen LogP contribution in [-0.2, 0) is 18.9 Å². The maximum absolute atomic E-state index is 11.5. The van der Waals surface area contributed by atoms with Gasteiger partial charge in [-0.05, 0) is 18.6 Å². The van der Waals surface area contributed by atoms with Crippen LogP contribution in [0.1, 0.15) is 5.56 Å². The average Bonchev–Trinajstić information content (AvgIpc) is 2.35. The predicted octanol–water partition coefficient (Wildman–Crippen LogP) is 0.759. The second-order valence-corrected chi connectivity index (χ2v) is 4.29. The van der Waals surface area contributed by atoms with Crippen LogP contribution in [-0.4, -0.2) is 44.1 Å². The highest BCUT2D eigenvalue weighted by Crippen LogP contribution is 2.05. The molecule has 0 radical (unpaired) electrons. The Balaban J connectivity index is 2.04. The molecule has 0 unspecified atom stereocenters. The van der Waals surface area contributed by atoms with Crippen LogP contribution in [0.25, 0.3) is 6.08 Å². The van der Waals surface area contributed by atoms with Crippen molar-refractivity contribution in [1.82, 2.24) is 4.90 Å². The van der Waals surface area contributed by atoms with Crippen LogP contribution in [0, 0.1) is 0 Å². The van der Waals surface area contributed by atoms with Gasteiger partial charge in [0.25, 0.3) is 0 Å². The quantitative estimate of drug-likeness (QED) is 0.734. The third-order valence-electron chi connectivity index (χ3n) is 2.54. The molecule has 0 aliphatic carbocycles. The van der Waals surface area contributed by atoms with Crippen LogP contribution >= 0.6 is 0 Å². The summed E-state index contributed by atoms with van der Waals surface area (Å²) in [5.41, 5.74) is 0.939. The highest BCUT2D eigenvalue weighted by molar-refractivity contribution is 6.55. The molecule has 0 aromatic heterocycles. The molecule has 1 heterocycles. The van der Waals surface area contributed by atoms with E-state index in [2.05, 4.69) is 0 Å². The average molecular weight is 259 g/mol. The first kappa shape index (κ1) is 13.4. The summed E-state index contributed by atoms with van der Waals surface area (Å²) < 4.78 is 10.1. The number of hydrogen-bond donors (Lipinski definition) is 0. The molecule has 0 spiro atoms. The Bertz CT molecular complexity index is 469. The van der Waals surface area contributed by atoms with Crippen LogP contribution in [0.2, 0.25) is 0 Å². The molecular weight excluding hydrogens is 245 g/mol. The minimum atomic E-state index is -0.964. The van der Waals surface area contributed by atoms with Crippen molar-refractivity contribution in [2.75, 3.05) is 20.1 Å². The van der Waals surface area contributed by atoms with Gasteiger partial charge in [-0.1, -0.05) is 36.4 Å². The number of carbonyl (C=O) groups excluding carboxylic acids is 2. The lowest BCUT2D eigenvalue weighted by molar-refractivity contribution is -0.145. The van der Waals surface area contributed by atoms with Crippen molar-refractivity contribution < 1.29 is 18.9 Å². The van der Waals surface area contributed by atoms with E-state index in [-0.39, 0.29) is 13.1 Å². The van der Waals surface area contributed by atoms with E-state index in [1.54, 1.807) is 24.0 Å². The Labute approximate surface area is 111 Å². The fraction of sp³-hybridized carbons (Fsp3) is 0.231. The zero-order valence-corrected chi connectivity index (χ0v) is 10.6. The van der Waals surface area contributed by atoms with Gasteiger partial charge in [-0.25, -0.2) is 0 Å². The van der Waals surface area contributed by atoms with Crippen molar-refractivity contribution in [3.8, 4) is 0 Å². The molecule has 1 fully saturated rings. The van der Waals surface area contributed by atoms with Crippen molar-refractivity contribution in [1.29, 1.82) is 0 Å². The first-order valence-corrected chi connectivity index (χ1v) is 5.94. The molecule has 0 N–H and O–H groups in total. The van der Waals surface area contributed by atoms with E-state index in [1.807, 2.05) is 30.3 Å². The molecule has 1 aliphatic heterocycles. The fourth-order valence-corrected chi connectivity index (χ4v) is 1.69. The van der Waals surface area contributed by atoms with Crippen molar-refractivity contribution in [2.24, 2.45) is 0 Å². The summed E-state index contributed by atoms with van der Waals surface area (Å²) in [5, 5.41) is 0. The first-order valence-electron chi connectivity index (χ1n) is 5.94. The van der Waals surface area contributed by atoms with Crippen LogP contribution in [0.4, 0.5) is 0 Å². The van der Waals surface area contributed by atoms with Gasteiger partial charge in [0, 0.05) is 0 Å². The summed E-state index contributed by atoms with van der Waals surface area (Å²) in [7, 11) is 0.691. The monoisotopic (exact) mass is 259 g/mol. The van der Waals surface area contributed by atoms with E-state index >= 15 is 0 Å². The molecule has 1 aliphatic rings. The lowest BCUT2D eigenvalue weighted by Gasteiger charge is -2.21. The van der Waals surface area contributed by atoms with Crippen LogP contribution in [0.5, 0.6) is 0 Å². The fourth-order valence-electron chi connectivity index (χ4n) is 1.69. The summed E-state index contributed by atoms with van der Waals surface area (Å²) >= 11 is 0. The predicted molar refractivity (Wildman–Crippen MR) is 70.9 cm³/mol. The summed E-state index contributed by atoms with van der Waals surface area (Å²) in [6.45, 7) is 0.148. The van der Waals surface area contributed by atoms with Gasteiger partial charge < -0.3 is 9.31 Å². The highest BCUT2D eigenvalue weighted by atomic mass is 16.6. The lowest BCUT2D eigenvalue weighted by Crippen LogP contribution is -2.41. The molecule has 1 aromatic carbocycles. The Morgan fingerprint density at radius 3 is 2.26 bits per heavy atom. The molecule has 19 heavy (non-hydrogen) atoms. The van der Waals surface area contributed by atoms with Crippen LogP contribution < -0.4 is 0 Å². The number of nitrogens with zero attached hydrogens (tertiary/aromatic N) is 1. The lowest BCUT2D eigenvalue weighted by atomic mass is 9.88. The number of rotatable bonds is 2. The molecule has 1 aromatic rings. The van der Waals surface area contributed by atoms with Gasteiger partial charge in [-0.3, -0.25) is 14.5 Å². The van der Waals surface area contributed by atoms with Gasteiger partial charge in [-0.2, -0.15) is 0 Å². The molecule has 0 bridgehead atoms. The van der Waals surface area contributed by atoms with Gasteiger partial charge >= 0.3 is 19.1 Å². The van der Waals surface area contributed by atoms with E-state index in [1.165, 1.54) is 0 Å². The maximum Gasteiger partial charge on any atom is 0.628 e. The SMILES string of the molecule is CN1CC(=O)OB(C=Cc2ccccc2)OC(=O)C1. The molecule has 2 rings (SSSR count). The molecule has 0 saturated carbocycles. The smallest absolute Gasteiger partial charge is 0.495 e. The highest BCUT2D eigenvalue weighted by Gasteiger charge is 2.29. The maximum atomic E-state index is 11.5. The molecule has 5 nitrogen and oxygen atoms in total. The Morgan fingerprint density at radius 2 is 1.68 bits per heavy atom. The van der Waals surface area contributed by atoms with Crippen molar-refractivity contribution in [2.45, 2.75) is 0 Å². The second kappa shape index (κ2) is 6.20. The van der Waals surface area contributed by atoms with Gasteiger partial charge in [0.2, 0.25) is 0 Å². The topological polar surface area (TPSA) is 55.8 Å². The Kier molecular flexibility index (Phi) is 4.36. The third kappa shape index (κ3) is 4.26. The van der Waals surface area contributed by atoms with Crippen LogP contribution in [0.15, 0.2) is 36.3 Å². The third-order valence-corrected chi connectivity index (χ3v) is 2.54. The summed E-state index contributed by atoms with van der Waals surface area (Å²) in [6, 6.07) is 9.49. The van der Waals surface area contributed by atoms with E-state index in [0.29, 0.717) is 0 Å². The normalized spacial score (nSPS) is 17.8. The molecule has 0 atom stereocenters. The van der Waals surface area contributed by atoms with Crippen molar-refractivity contribution in [3.05, 3.63) is 41.9 Å². The minimum Gasteiger partial charge on any atom is -0.495 e. The number of carbonyl (C=O) groups is 2. The minimum absolute atomic E-state index is 0.0742. The van der Waals surface area contributed by atoms with E-state index < -0.39 is 19.1 Å². The van der Waals surface area contributed by atoms with Gasteiger partial charge in [0.05, 0.1) is 13.1 Å². The summed E-state index contributed by atoms with van der Waals surface area (Å²) in [6.07, 6.45) is 1.75. The molecule has 1 saturated heterocycles. The molecule has 98 valence electrons. The van der Waals surface area contributed by atoms with Crippen LogP contribution in [0.3, 0.4) is 0 Å². The number of hydrogen-bond acceptors (Lipinski definition) is 5. The van der Waals surface area contributed by atoms with E-state index in [0.717, 1.165) is 5.56 Å². The Hall–Kier alpha value is -2.08. The summed E-state index contributed by atoms with van der Waals surface area (Å²) in [4.78, 5) is 24.5. The van der Waals surface area contributed by atoms with Gasteiger partial charge in [0.1, 0.15) is 0 Å². The zero-order valence-electron chi connectivity index (χ0n) is 10.6. The van der Waals surface area contributed by atoms with Gasteiger partial charge in [0.15, 0.2) is 0 Å². The zero-order chi connectivity index (χ0) is 13.7. The Morgan fingerprint density at radius 1 is 1.11 bits per heavy atom. The molecular formula is C13H14BNO4. The molecule has 6 heteroatoms. The number of likely N-dealkylation sites (N-methyl/N-ethyl adjacent to an activating group) is 1. The standard InChI is InChI=1S/C13H14BNO4/c1-15-9-12(16)18-14(19-13(17)10-15)8-7-11-5-3-2-4-6-11/h2-8H,9-10H2,1H3.